The average molecular weight is 325 g/mol. The zero-order valence-electron chi connectivity index (χ0n) is 13.9. The second-order valence-corrected chi connectivity index (χ2v) is 6.95. The van der Waals surface area contributed by atoms with Gasteiger partial charge in [0.2, 0.25) is 0 Å². The van der Waals surface area contributed by atoms with Crippen LogP contribution >= 0.6 is 0 Å². The summed E-state index contributed by atoms with van der Waals surface area (Å²) >= 11 is 0. The molecule has 2 amide bonds. The lowest BCUT2D eigenvalue weighted by molar-refractivity contribution is -0.00889. The zero-order chi connectivity index (χ0) is 16.5. The molecule has 1 aliphatic carbocycles. The lowest BCUT2D eigenvalue weighted by Crippen LogP contribution is -2.44. The summed E-state index contributed by atoms with van der Waals surface area (Å²) in [5.41, 5.74) is 2.68. The first-order chi connectivity index (χ1) is 11.7. The van der Waals surface area contributed by atoms with E-state index in [0.717, 1.165) is 41.6 Å². The fourth-order valence-electron chi connectivity index (χ4n) is 3.54. The van der Waals surface area contributed by atoms with Crippen LogP contribution in [0.25, 0.3) is 10.9 Å². The number of fused-ring (bicyclic) bond motifs is 1. The first-order valence-electron chi connectivity index (χ1n) is 8.73. The SMILES string of the molecule is Cc1cc(NC(=O)N[C@H]2CCO[C@H](C3CC3)C2)c2ncccc2c1. The number of anilines is 1. The Balaban J connectivity index is 1.44. The van der Waals surface area contributed by atoms with Crippen molar-refractivity contribution in [1.82, 2.24) is 10.3 Å². The van der Waals surface area contributed by atoms with Crippen LogP contribution in [0.2, 0.25) is 0 Å². The van der Waals surface area contributed by atoms with Gasteiger partial charge in [0.05, 0.1) is 17.3 Å². The lowest BCUT2D eigenvalue weighted by atomic mass is 10.0. The van der Waals surface area contributed by atoms with Crippen LogP contribution in [0.15, 0.2) is 30.5 Å². The molecule has 0 radical (unpaired) electrons. The van der Waals surface area contributed by atoms with Crippen molar-refractivity contribution >= 4 is 22.6 Å². The predicted octanol–water partition coefficient (Wildman–Crippen LogP) is 3.62. The van der Waals surface area contributed by atoms with E-state index < -0.39 is 0 Å². The molecule has 2 aliphatic rings. The molecule has 2 aromatic rings. The highest BCUT2D eigenvalue weighted by atomic mass is 16.5. The summed E-state index contributed by atoms with van der Waals surface area (Å²) in [6.45, 7) is 2.76. The number of hydrogen-bond donors (Lipinski definition) is 2. The summed E-state index contributed by atoms with van der Waals surface area (Å²) in [5.74, 6) is 0.711. The van der Waals surface area contributed by atoms with Crippen LogP contribution < -0.4 is 10.6 Å². The Bertz CT molecular complexity index is 757. The Morgan fingerprint density at radius 2 is 2.17 bits per heavy atom. The molecule has 2 heterocycles. The molecule has 5 nitrogen and oxygen atoms in total. The molecule has 5 heteroatoms. The fraction of sp³-hybridized carbons (Fsp3) is 0.474. The van der Waals surface area contributed by atoms with Crippen LogP contribution in [-0.2, 0) is 4.74 Å². The van der Waals surface area contributed by atoms with Gasteiger partial charge in [-0.1, -0.05) is 6.07 Å². The van der Waals surface area contributed by atoms with E-state index in [1.807, 2.05) is 25.1 Å². The van der Waals surface area contributed by atoms with Gasteiger partial charge in [-0.3, -0.25) is 4.98 Å². The maximum Gasteiger partial charge on any atom is 0.319 e. The van der Waals surface area contributed by atoms with Crippen molar-refractivity contribution in [3.63, 3.8) is 0 Å². The number of benzene rings is 1. The van der Waals surface area contributed by atoms with Crippen molar-refractivity contribution in [2.45, 2.75) is 44.8 Å². The average Bonchev–Trinajstić information content (AvgIpc) is 3.40. The van der Waals surface area contributed by atoms with E-state index in [1.165, 1.54) is 12.8 Å². The minimum absolute atomic E-state index is 0.158. The molecule has 1 saturated heterocycles. The predicted molar refractivity (Wildman–Crippen MR) is 94.1 cm³/mol. The van der Waals surface area contributed by atoms with E-state index in [-0.39, 0.29) is 12.1 Å². The number of hydrogen-bond acceptors (Lipinski definition) is 3. The van der Waals surface area contributed by atoms with E-state index in [4.69, 9.17) is 4.74 Å². The van der Waals surface area contributed by atoms with Gasteiger partial charge in [-0.15, -0.1) is 0 Å². The molecule has 1 aromatic heterocycles. The Hall–Kier alpha value is -2.14. The van der Waals surface area contributed by atoms with Gasteiger partial charge in [0.1, 0.15) is 0 Å². The molecule has 2 atom stereocenters. The summed E-state index contributed by atoms with van der Waals surface area (Å²) in [7, 11) is 0. The van der Waals surface area contributed by atoms with Gasteiger partial charge in [-0.05, 0) is 62.3 Å². The maximum atomic E-state index is 12.4. The summed E-state index contributed by atoms with van der Waals surface area (Å²) < 4.78 is 5.82. The number of aromatic nitrogens is 1. The first-order valence-corrected chi connectivity index (χ1v) is 8.73. The Labute approximate surface area is 141 Å². The lowest BCUT2D eigenvalue weighted by Gasteiger charge is -2.30. The highest BCUT2D eigenvalue weighted by molar-refractivity contribution is 6.00. The van der Waals surface area contributed by atoms with E-state index >= 15 is 0 Å². The molecule has 1 aromatic carbocycles. The van der Waals surface area contributed by atoms with Gasteiger partial charge in [0.15, 0.2) is 0 Å². The molecule has 4 rings (SSSR count). The Morgan fingerprint density at radius 1 is 1.29 bits per heavy atom. The number of carbonyl (C=O) groups excluding carboxylic acids is 1. The molecule has 0 spiro atoms. The topological polar surface area (TPSA) is 63.2 Å². The molecule has 0 unspecified atom stereocenters. The van der Waals surface area contributed by atoms with E-state index in [0.29, 0.717) is 12.0 Å². The summed E-state index contributed by atoms with van der Waals surface area (Å²) in [6.07, 6.45) is 6.41. The maximum absolute atomic E-state index is 12.4. The summed E-state index contributed by atoms with van der Waals surface area (Å²) in [5, 5.41) is 7.12. The molecule has 2 fully saturated rings. The third-order valence-corrected chi connectivity index (χ3v) is 4.90. The van der Waals surface area contributed by atoms with Gasteiger partial charge in [0, 0.05) is 24.2 Å². The molecule has 1 saturated carbocycles. The van der Waals surface area contributed by atoms with Crippen LogP contribution in [0.5, 0.6) is 0 Å². The van der Waals surface area contributed by atoms with Crippen molar-refractivity contribution in [1.29, 1.82) is 0 Å². The van der Waals surface area contributed by atoms with E-state index in [9.17, 15) is 4.79 Å². The second kappa shape index (κ2) is 6.40. The number of ether oxygens (including phenoxy) is 1. The van der Waals surface area contributed by atoms with Gasteiger partial charge >= 0.3 is 6.03 Å². The third-order valence-electron chi connectivity index (χ3n) is 4.90. The number of amides is 2. The second-order valence-electron chi connectivity index (χ2n) is 6.95. The van der Waals surface area contributed by atoms with Crippen LogP contribution in [0.1, 0.15) is 31.2 Å². The number of nitrogens with zero attached hydrogens (tertiary/aromatic N) is 1. The first kappa shape index (κ1) is 15.4. The molecule has 0 bridgehead atoms. The van der Waals surface area contributed by atoms with E-state index in [2.05, 4.69) is 21.7 Å². The summed E-state index contributed by atoms with van der Waals surface area (Å²) in [6, 6.07) is 7.99. The highest BCUT2D eigenvalue weighted by Gasteiger charge is 2.36. The Morgan fingerprint density at radius 3 is 3.00 bits per heavy atom. The number of aryl methyl sites for hydroxylation is 1. The van der Waals surface area contributed by atoms with Crippen molar-refractivity contribution in [2.24, 2.45) is 5.92 Å². The zero-order valence-corrected chi connectivity index (χ0v) is 13.9. The standard InChI is InChI=1S/C19H23N3O2/c1-12-9-14-3-2-7-20-18(14)16(10-12)22-19(23)21-15-6-8-24-17(11-15)13-4-5-13/h2-3,7,9-10,13,15,17H,4-6,8,11H2,1H3,(H2,21,22,23)/t15-,17-/m0/s1. The normalized spacial score (nSPS) is 23.9. The van der Waals surface area contributed by atoms with E-state index in [1.54, 1.807) is 6.20 Å². The van der Waals surface area contributed by atoms with Gasteiger partial charge in [0.25, 0.3) is 0 Å². The van der Waals surface area contributed by atoms with Crippen LogP contribution in [0.4, 0.5) is 10.5 Å². The quantitative estimate of drug-likeness (QED) is 0.906. The Kier molecular flexibility index (Phi) is 4.10. The number of urea groups is 1. The van der Waals surface area contributed by atoms with Crippen molar-refractivity contribution in [3.8, 4) is 0 Å². The number of carbonyl (C=O) groups is 1. The van der Waals surface area contributed by atoms with Crippen molar-refractivity contribution in [3.05, 3.63) is 36.0 Å². The highest BCUT2D eigenvalue weighted by Crippen LogP contribution is 2.38. The van der Waals surface area contributed by atoms with Crippen LogP contribution in [0.3, 0.4) is 0 Å². The third kappa shape index (κ3) is 3.36. The largest absolute Gasteiger partial charge is 0.378 e. The van der Waals surface area contributed by atoms with Gasteiger partial charge < -0.3 is 15.4 Å². The minimum atomic E-state index is -0.158. The van der Waals surface area contributed by atoms with Crippen molar-refractivity contribution < 1.29 is 9.53 Å². The molecule has 126 valence electrons. The molecular weight excluding hydrogens is 302 g/mol. The minimum Gasteiger partial charge on any atom is -0.378 e. The molecular formula is C19H23N3O2. The van der Waals surface area contributed by atoms with Gasteiger partial charge in [-0.25, -0.2) is 4.79 Å². The number of rotatable bonds is 3. The molecule has 2 N–H and O–H groups in total. The van der Waals surface area contributed by atoms with Gasteiger partial charge in [-0.2, -0.15) is 0 Å². The number of nitrogens with one attached hydrogen (secondary N) is 2. The summed E-state index contributed by atoms with van der Waals surface area (Å²) in [4.78, 5) is 16.8. The number of pyridine rings is 1. The fourth-order valence-corrected chi connectivity index (χ4v) is 3.54. The monoisotopic (exact) mass is 325 g/mol. The van der Waals surface area contributed by atoms with Crippen LogP contribution in [0, 0.1) is 12.8 Å². The van der Waals surface area contributed by atoms with Crippen molar-refractivity contribution in [2.75, 3.05) is 11.9 Å². The smallest absolute Gasteiger partial charge is 0.319 e. The molecule has 24 heavy (non-hydrogen) atoms. The van der Waals surface area contributed by atoms with Crippen LogP contribution in [-0.4, -0.2) is 29.8 Å². The molecule has 1 aliphatic heterocycles.